The smallest absolute Gasteiger partial charge is 0.0519 e. The van der Waals surface area contributed by atoms with Crippen LogP contribution in [0, 0.1) is 0 Å². The highest BCUT2D eigenvalue weighted by atomic mass is 79.9. The first-order chi connectivity index (χ1) is 9.60. The predicted octanol–water partition coefficient (Wildman–Crippen LogP) is 4.43. The molecule has 1 aromatic heterocycles. The van der Waals surface area contributed by atoms with Crippen LogP contribution in [0.25, 0.3) is 0 Å². The van der Waals surface area contributed by atoms with E-state index in [0.29, 0.717) is 0 Å². The number of thiophene rings is 1. The van der Waals surface area contributed by atoms with Gasteiger partial charge in [-0.05, 0) is 42.0 Å². The van der Waals surface area contributed by atoms with E-state index >= 15 is 0 Å². The molecule has 1 heterocycles. The molecule has 0 aliphatic heterocycles. The Morgan fingerprint density at radius 1 is 1.35 bits per heavy atom. The van der Waals surface area contributed by atoms with Crippen molar-refractivity contribution in [2.45, 2.75) is 32.4 Å². The third-order valence-corrected chi connectivity index (χ3v) is 5.06. The maximum atomic E-state index is 6.03. The first kappa shape index (κ1) is 15.5. The highest BCUT2D eigenvalue weighted by molar-refractivity contribution is 9.10. The Bertz CT molecular complexity index is 539. The zero-order valence-electron chi connectivity index (χ0n) is 12.0. The van der Waals surface area contributed by atoms with Gasteiger partial charge < -0.3 is 10.6 Å². The fourth-order valence-corrected chi connectivity index (χ4v) is 3.38. The molecule has 2 N–H and O–H groups in total. The van der Waals surface area contributed by atoms with Crippen LogP contribution >= 0.6 is 27.3 Å². The van der Waals surface area contributed by atoms with Gasteiger partial charge in [0.05, 0.1) is 6.54 Å². The Morgan fingerprint density at radius 2 is 2.15 bits per heavy atom. The Kier molecular flexibility index (Phi) is 5.64. The molecule has 2 aromatic rings. The summed E-state index contributed by atoms with van der Waals surface area (Å²) < 4.78 is 1.15. The molecule has 0 aliphatic carbocycles. The summed E-state index contributed by atoms with van der Waals surface area (Å²) in [6, 6.07) is 11.0. The molecule has 0 fully saturated rings. The summed E-state index contributed by atoms with van der Waals surface area (Å²) in [4.78, 5) is 3.64. The van der Waals surface area contributed by atoms with Crippen molar-refractivity contribution in [2.24, 2.45) is 5.73 Å². The van der Waals surface area contributed by atoms with Crippen LogP contribution < -0.4 is 10.6 Å². The molecule has 0 saturated carbocycles. The van der Waals surface area contributed by atoms with Crippen LogP contribution in [0.5, 0.6) is 0 Å². The van der Waals surface area contributed by atoms with Gasteiger partial charge in [-0.15, -0.1) is 11.3 Å². The van der Waals surface area contributed by atoms with Gasteiger partial charge in [-0.3, -0.25) is 0 Å². The van der Waals surface area contributed by atoms with E-state index in [1.165, 1.54) is 16.1 Å². The first-order valence-electron chi connectivity index (χ1n) is 6.87. The molecule has 20 heavy (non-hydrogen) atoms. The van der Waals surface area contributed by atoms with Crippen molar-refractivity contribution >= 4 is 33.0 Å². The second-order valence-corrected chi connectivity index (χ2v) is 6.97. The van der Waals surface area contributed by atoms with Crippen molar-refractivity contribution in [1.29, 1.82) is 0 Å². The van der Waals surface area contributed by atoms with Crippen molar-refractivity contribution in [3.05, 3.63) is 50.6 Å². The van der Waals surface area contributed by atoms with E-state index in [0.717, 1.165) is 23.9 Å². The molecule has 0 bridgehead atoms. The van der Waals surface area contributed by atoms with Crippen molar-refractivity contribution in [2.75, 3.05) is 11.9 Å². The van der Waals surface area contributed by atoms with Crippen molar-refractivity contribution in [3.63, 3.8) is 0 Å². The fraction of sp³-hybridized carbons (Fsp3) is 0.375. The van der Waals surface area contributed by atoms with Gasteiger partial charge in [0.2, 0.25) is 0 Å². The lowest BCUT2D eigenvalue weighted by Gasteiger charge is -2.20. The number of hydrogen-bond acceptors (Lipinski definition) is 3. The molecule has 108 valence electrons. The van der Waals surface area contributed by atoms with E-state index in [1.54, 1.807) is 11.3 Å². The average molecular weight is 353 g/mol. The molecule has 2 nitrogen and oxygen atoms in total. The Morgan fingerprint density at radius 3 is 2.75 bits per heavy atom. The van der Waals surface area contributed by atoms with Crippen LogP contribution in [0.1, 0.15) is 23.8 Å². The van der Waals surface area contributed by atoms with E-state index in [1.807, 2.05) is 0 Å². The predicted molar refractivity (Wildman–Crippen MR) is 92.5 cm³/mol. The minimum atomic E-state index is 0.237. The summed E-state index contributed by atoms with van der Waals surface area (Å²) >= 11 is 5.47. The van der Waals surface area contributed by atoms with E-state index in [4.69, 9.17) is 5.73 Å². The molecular weight excluding hydrogens is 332 g/mol. The van der Waals surface area contributed by atoms with Gasteiger partial charge in [0.15, 0.2) is 0 Å². The molecule has 1 aromatic carbocycles. The lowest BCUT2D eigenvalue weighted by Crippen LogP contribution is -2.21. The SMILES string of the molecule is CCC(N)Cc1ccc(N(C)Cc2cccs2)cc1Br. The molecule has 1 unspecified atom stereocenters. The summed E-state index contributed by atoms with van der Waals surface area (Å²) in [5.41, 5.74) is 8.54. The Labute approximate surface area is 133 Å². The molecule has 1 atom stereocenters. The van der Waals surface area contributed by atoms with Gasteiger partial charge in [0.25, 0.3) is 0 Å². The number of nitrogens with zero attached hydrogens (tertiary/aromatic N) is 1. The molecule has 2 rings (SSSR count). The molecule has 0 aliphatic rings. The van der Waals surface area contributed by atoms with E-state index in [9.17, 15) is 0 Å². The lowest BCUT2D eigenvalue weighted by molar-refractivity contribution is 0.645. The van der Waals surface area contributed by atoms with Crippen LogP contribution in [-0.4, -0.2) is 13.1 Å². The molecule has 0 radical (unpaired) electrons. The quantitative estimate of drug-likeness (QED) is 0.833. The van der Waals surface area contributed by atoms with E-state index in [-0.39, 0.29) is 6.04 Å². The summed E-state index contributed by atoms with van der Waals surface area (Å²) in [6.07, 6.45) is 1.93. The molecule has 4 heteroatoms. The summed E-state index contributed by atoms with van der Waals surface area (Å²) in [6.45, 7) is 3.07. The van der Waals surface area contributed by atoms with Gasteiger partial charge in [0, 0.05) is 28.1 Å². The number of hydrogen-bond donors (Lipinski definition) is 1. The van der Waals surface area contributed by atoms with Crippen LogP contribution in [0.2, 0.25) is 0 Å². The van der Waals surface area contributed by atoms with Crippen LogP contribution in [0.3, 0.4) is 0 Å². The van der Waals surface area contributed by atoms with E-state index in [2.05, 4.69) is 70.5 Å². The normalized spacial score (nSPS) is 12.4. The van der Waals surface area contributed by atoms with Gasteiger partial charge in [-0.25, -0.2) is 0 Å². The number of benzene rings is 1. The fourth-order valence-electron chi connectivity index (χ4n) is 2.09. The summed E-state index contributed by atoms with van der Waals surface area (Å²) in [7, 11) is 2.12. The third kappa shape index (κ3) is 4.08. The van der Waals surface area contributed by atoms with E-state index < -0.39 is 0 Å². The lowest BCUT2D eigenvalue weighted by atomic mass is 10.0. The largest absolute Gasteiger partial charge is 0.369 e. The Balaban J connectivity index is 2.08. The van der Waals surface area contributed by atoms with Gasteiger partial charge in [-0.2, -0.15) is 0 Å². The van der Waals surface area contributed by atoms with Crippen LogP contribution in [0.4, 0.5) is 5.69 Å². The van der Waals surface area contributed by atoms with Crippen molar-refractivity contribution in [1.82, 2.24) is 0 Å². The monoisotopic (exact) mass is 352 g/mol. The second kappa shape index (κ2) is 7.25. The number of anilines is 1. The number of halogens is 1. The highest BCUT2D eigenvalue weighted by Gasteiger charge is 2.09. The Hall–Kier alpha value is -0.840. The van der Waals surface area contributed by atoms with Crippen LogP contribution in [0.15, 0.2) is 40.2 Å². The minimum absolute atomic E-state index is 0.237. The second-order valence-electron chi connectivity index (χ2n) is 5.08. The topological polar surface area (TPSA) is 29.3 Å². The standard InChI is InChI=1S/C16H21BrN2S/c1-3-13(18)9-12-6-7-14(10-16(12)17)19(2)11-15-5-4-8-20-15/h4-8,10,13H,3,9,11,18H2,1-2H3. The summed E-state index contributed by atoms with van der Waals surface area (Å²) in [5.74, 6) is 0. The number of rotatable bonds is 6. The van der Waals surface area contributed by atoms with Crippen LogP contribution in [-0.2, 0) is 13.0 Å². The van der Waals surface area contributed by atoms with Gasteiger partial charge >= 0.3 is 0 Å². The molecular formula is C16H21BrN2S. The molecule has 0 saturated heterocycles. The zero-order valence-corrected chi connectivity index (χ0v) is 14.4. The first-order valence-corrected chi connectivity index (χ1v) is 8.55. The van der Waals surface area contributed by atoms with Crippen molar-refractivity contribution < 1.29 is 0 Å². The van der Waals surface area contributed by atoms with Gasteiger partial charge in [0.1, 0.15) is 0 Å². The third-order valence-electron chi connectivity index (χ3n) is 3.46. The maximum Gasteiger partial charge on any atom is 0.0519 e. The highest BCUT2D eigenvalue weighted by Crippen LogP contribution is 2.26. The minimum Gasteiger partial charge on any atom is -0.369 e. The van der Waals surface area contributed by atoms with Crippen molar-refractivity contribution in [3.8, 4) is 0 Å². The maximum absolute atomic E-state index is 6.03. The number of nitrogens with two attached hydrogens (primary N) is 1. The molecule has 0 amide bonds. The average Bonchev–Trinajstić information content (AvgIpc) is 2.93. The molecule has 0 spiro atoms. The zero-order chi connectivity index (χ0) is 14.5. The van der Waals surface area contributed by atoms with Gasteiger partial charge in [-0.1, -0.05) is 35.0 Å². The summed E-state index contributed by atoms with van der Waals surface area (Å²) in [5, 5.41) is 2.12.